The molecule has 0 saturated carbocycles. The minimum atomic E-state index is -3.54. The fourth-order valence-electron chi connectivity index (χ4n) is 4.67. The van der Waals surface area contributed by atoms with E-state index in [1.165, 1.54) is 0 Å². The number of benzene rings is 2. The Morgan fingerprint density at radius 3 is 1.70 bits per heavy atom. The summed E-state index contributed by atoms with van der Waals surface area (Å²) in [4.78, 5) is 40.3. The predicted molar refractivity (Wildman–Crippen MR) is 147 cm³/mol. The molecule has 4 rings (SSSR count). The summed E-state index contributed by atoms with van der Waals surface area (Å²) in [5, 5.41) is 0.571. The van der Waals surface area contributed by atoms with Gasteiger partial charge >= 0.3 is 17.1 Å². The number of aromatic nitrogens is 3. The van der Waals surface area contributed by atoms with Gasteiger partial charge in [0.05, 0.1) is 11.0 Å². The number of rotatable bonds is 9. The standard InChI is InChI=1S/C28H36N3O5P/c1-6-19(3)16-29-26(32)30(17-20(4)7-2)28(34)31(27(29)33)18-21(5)37(35)25-15-11-9-13-23(25)22-12-8-10-14-24(22)36-37/h8-15,19-21H,6-7,16-18H2,1-5H3. The van der Waals surface area contributed by atoms with Gasteiger partial charge in [-0.25, -0.2) is 28.1 Å². The fraction of sp³-hybridized carbons (Fsp3) is 0.464. The summed E-state index contributed by atoms with van der Waals surface area (Å²) in [5.74, 6) is 0.670. The Morgan fingerprint density at radius 1 is 0.703 bits per heavy atom. The number of fused-ring (bicyclic) bond motifs is 3. The highest BCUT2D eigenvalue weighted by atomic mass is 31.2. The van der Waals surface area contributed by atoms with Crippen molar-refractivity contribution < 1.29 is 9.09 Å². The Balaban J connectivity index is 1.83. The van der Waals surface area contributed by atoms with Gasteiger partial charge in [-0.05, 0) is 29.5 Å². The first kappa shape index (κ1) is 26.9. The Labute approximate surface area is 217 Å². The molecule has 0 fully saturated rings. The van der Waals surface area contributed by atoms with Gasteiger partial charge in [0.2, 0.25) is 0 Å². The third-order valence-corrected chi connectivity index (χ3v) is 10.3. The van der Waals surface area contributed by atoms with E-state index in [4.69, 9.17) is 4.52 Å². The Bertz CT molecular complexity index is 1470. The third kappa shape index (κ3) is 4.91. The maximum atomic E-state index is 14.5. The van der Waals surface area contributed by atoms with Crippen LogP contribution in [0.25, 0.3) is 11.1 Å². The van der Waals surface area contributed by atoms with Crippen molar-refractivity contribution in [3.05, 3.63) is 80.0 Å². The molecule has 3 aromatic rings. The summed E-state index contributed by atoms with van der Waals surface area (Å²) in [6.07, 6.45) is 1.57. The monoisotopic (exact) mass is 525 g/mol. The smallest absolute Gasteiger partial charge is 0.336 e. The molecule has 0 N–H and O–H groups in total. The molecule has 0 radical (unpaired) electrons. The molecule has 0 saturated heterocycles. The first-order chi connectivity index (χ1) is 17.6. The maximum Gasteiger partial charge on any atom is 0.336 e. The molecular formula is C28H36N3O5P. The maximum absolute atomic E-state index is 14.5. The van der Waals surface area contributed by atoms with Crippen molar-refractivity contribution in [2.24, 2.45) is 11.8 Å². The highest BCUT2D eigenvalue weighted by Crippen LogP contribution is 2.57. The average Bonchev–Trinajstić information content (AvgIpc) is 2.91. The number of nitrogens with zero attached hydrogens (tertiary/aromatic N) is 3. The summed E-state index contributed by atoms with van der Waals surface area (Å²) in [6.45, 7) is 9.95. The van der Waals surface area contributed by atoms with Crippen LogP contribution in [-0.4, -0.2) is 19.4 Å². The Kier molecular flexibility index (Phi) is 7.79. The van der Waals surface area contributed by atoms with E-state index in [0.29, 0.717) is 11.1 Å². The third-order valence-electron chi connectivity index (χ3n) is 7.45. The van der Waals surface area contributed by atoms with Gasteiger partial charge < -0.3 is 4.52 Å². The molecule has 1 aromatic heterocycles. The summed E-state index contributed by atoms with van der Waals surface area (Å²) >= 11 is 0. The van der Waals surface area contributed by atoms with Crippen LogP contribution in [0.15, 0.2) is 62.9 Å². The van der Waals surface area contributed by atoms with Crippen LogP contribution in [0.3, 0.4) is 0 Å². The lowest BCUT2D eigenvalue weighted by molar-refractivity contribution is 0.359. The molecule has 1 aliphatic rings. The topological polar surface area (TPSA) is 92.3 Å². The molecule has 9 heteroatoms. The van der Waals surface area contributed by atoms with Crippen molar-refractivity contribution in [3.63, 3.8) is 0 Å². The second kappa shape index (κ2) is 10.7. The Hall–Kier alpha value is -3.12. The molecule has 1 aliphatic heterocycles. The summed E-state index contributed by atoms with van der Waals surface area (Å²) in [5.41, 5.74) is -0.937. The molecular weight excluding hydrogens is 489 g/mol. The van der Waals surface area contributed by atoms with Gasteiger partial charge in [-0.15, -0.1) is 0 Å². The van der Waals surface area contributed by atoms with Crippen molar-refractivity contribution in [2.45, 2.75) is 72.8 Å². The molecule has 4 atom stereocenters. The molecule has 37 heavy (non-hydrogen) atoms. The van der Waals surface area contributed by atoms with E-state index >= 15 is 0 Å². The largest absolute Gasteiger partial charge is 0.439 e. The molecule has 198 valence electrons. The van der Waals surface area contributed by atoms with Gasteiger partial charge in [0.25, 0.3) is 7.37 Å². The molecule has 0 amide bonds. The second-order valence-electron chi connectivity index (χ2n) is 10.3. The molecule has 2 aromatic carbocycles. The van der Waals surface area contributed by atoms with Crippen LogP contribution < -0.4 is 26.9 Å². The highest BCUT2D eigenvalue weighted by molar-refractivity contribution is 7.68. The summed E-state index contributed by atoms with van der Waals surface area (Å²) in [7, 11) is -3.54. The average molecular weight is 526 g/mol. The van der Waals surface area contributed by atoms with Gasteiger partial charge in [-0.1, -0.05) is 83.9 Å². The van der Waals surface area contributed by atoms with E-state index in [2.05, 4.69) is 0 Å². The van der Waals surface area contributed by atoms with Crippen LogP contribution in [0.4, 0.5) is 0 Å². The zero-order valence-electron chi connectivity index (χ0n) is 22.2. The normalized spacial score (nSPS) is 18.8. The van der Waals surface area contributed by atoms with Crippen LogP contribution in [0.5, 0.6) is 5.75 Å². The van der Waals surface area contributed by atoms with Gasteiger partial charge in [-0.2, -0.15) is 0 Å². The molecule has 2 heterocycles. The number of hydrogen-bond acceptors (Lipinski definition) is 5. The summed E-state index contributed by atoms with van der Waals surface area (Å²) < 4.78 is 24.1. The summed E-state index contributed by atoms with van der Waals surface area (Å²) in [6, 6.07) is 14.8. The molecule has 0 bridgehead atoms. The number of hydrogen-bond donors (Lipinski definition) is 0. The van der Waals surface area contributed by atoms with Crippen LogP contribution in [0.2, 0.25) is 0 Å². The minimum absolute atomic E-state index is 0.0780. The van der Waals surface area contributed by atoms with Crippen molar-refractivity contribution in [1.29, 1.82) is 0 Å². The highest BCUT2D eigenvalue weighted by Gasteiger charge is 2.41. The van der Waals surface area contributed by atoms with E-state index in [-0.39, 0.29) is 31.5 Å². The van der Waals surface area contributed by atoms with Gasteiger partial charge in [-0.3, -0.25) is 4.57 Å². The minimum Gasteiger partial charge on any atom is -0.439 e. The van der Waals surface area contributed by atoms with Crippen molar-refractivity contribution in [2.75, 3.05) is 0 Å². The fourth-order valence-corrected chi connectivity index (χ4v) is 7.08. The van der Waals surface area contributed by atoms with E-state index in [1.54, 1.807) is 19.1 Å². The van der Waals surface area contributed by atoms with Crippen LogP contribution in [-0.2, 0) is 24.2 Å². The molecule has 8 nitrogen and oxygen atoms in total. The Morgan fingerprint density at radius 2 is 1.16 bits per heavy atom. The van der Waals surface area contributed by atoms with Crippen molar-refractivity contribution in [1.82, 2.24) is 13.7 Å². The number of para-hydroxylation sites is 1. The SMILES string of the molecule is CCC(C)Cn1c(=O)n(CC(C)CC)c(=O)n(CC(C)P2(=O)Oc3ccccc3-c3ccccc32)c1=O. The van der Waals surface area contributed by atoms with Gasteiger partial charge in [0.15, 0.2) is 0 Å². The first-order valence-electron chi connectivity index (χ1n) is 13.0. The van der Waals surface area contributed by atoms with Crippen molar-refractivity contribution in [3.8, 4) is 16.9 Å². The zero-order chi connectivity index (χ0) is 26.9. The van der Waals surface area contributed by atoms with E-state index < -0.39 is 30.1 Å². The quantitative estimate of drug-likeness (QED) is 0.388. The van der Waals surface area contributed by atoms with Crippen LogP contribution in [0, 0.1) is 11.8 Å². The van der Waals surface area contributed by atoms with Crippen LogP contribution in [0.1, 0.15) is 47.5 Å². The molecule has 0 aliphatic carbocycles. The predicted octanol–water partition coefficient (Wildman–Crippen LogP) is 4.32. The van der Waals surface area contributed by atoms with E-state index in [0.717, 1.165) is 37.7 Å². The molecule has 4 unspecified atom stereocenters. The van der Waals surface area contributed by atoms with Crippen LogP contribution >= 0.6 is 7.37 Å². The first-order valence-corrected chi connectivity index (χ1v) is 14.7. The van der Waals surface area contributed by atoms with E-state index in [1.807, 2.05) is 64.1 Å². The zero-order valence-corrected chi connectivity index (χ0v) is 23.1. The second-order valence-corrected chi connectivity index (χ2v) is 13.0. The van der Waals surface area contributed by atoms with Gasteiger partial charge in [0, 0.05) is 25.2 Å². The lowest BCUT2D eigenvalue weighted by atomic mass is 10.0. The lowest BCUT2D eigenvalue weighted by Crippen LogP contribution is -2.56. The lowest BCUT2D eigenvalue weighted by Gasteiger charge is -2.32. The van der Waals surface area contributed by atoms with Crippen molar-refractivity contribution >= 4 is 12.7 Å². The van der Waals surface area contributed by atoms with E-state index in [9.17, 15) is 18.9 Å². The van der Waals surface area contributed by atoms with Gasteiger partial charge in [0.1, 0.15) is 5.75 Å². The molecule has 0 spiro atoms.